The fourth-order valence-electron chi connectivity index (χ4n) is 1.34. The van der Waals surface area contributed by atoms with Crippen molar-refractivity contribution in [1.82, 2.24) is 15.3 Å². The highest BCUT2D eigenvalue weighted by molar-refractivity contribution is 5.08. The maximum absolute atomic E-state index is 11.8. The quantitative estimate of drug-likeness (QED) is 0.721. The predicted molar refractivity (Wildman–Crippen MR) is 55.3 cm³/mol. The van der Waals surface area contributed by atoms with Gasteiger partial charge >= 0.3 is 0 Å². The Bertz CT molecular complexity index is 285. The molecule has 0 bridgehead atoms. The third-order valence-electron chi connectivity index (χ3n) is 2.13. The van der Waals surface area contributed by atoms with Crippen molar-refractivity contribution < 1.29 is 13.5 Å². The van der Waals surface area contributed by atoms with E-state index in [9.17, 15) is 8.78 Å². The summed E-state index contributed by atoms with van der Waals surface area (Å²) in [4.78, 5) is 7.80. The van der Waals surface area contributed by atoms with Crippen molar-refractivity contribution in [3.63, 3.8) is 0 Å². The SMILES string of the molecule is CNC(CCOCC(F)F)c1cncnc1. The molecule has 1 N–H and O–H groups in total. The smallest absolute Gasteiger partial charge is 0.261 e. The van der Waals surface area contributed by atoms with Gasteiger partial charge in [0.05, 0.1) is 0 Å². The van der Waals surface area contributed by atoms with Crippen LogP contribution in [0.2, 0.25) is 0 Å². The normalized spacial score (nSPS) is 13.0. The second-order valence-corrected chi connectivity index (χ2v) is 3.27. The van der Waals surface area contributed by atoms with Crippen LogP contribution in [-0.4, -0.2) is 36.7 Å². The molecule has 0 amide bonds. The number of nitrogens with one attached hydrogen (secondary N) is 1. The molecule has 0 aliphatic rings. The highest BCUT2D eigenvalue weighted by Crippen LogP contribution is 2.13. The van der Waals surface area contributed by atoms with Crippen LogP contribution >= 0.6 is 0 Å². The van der Waals surface area contributed by atoms with Crippen LogP contribution in [0.1, 0.15) is 18.0 Å². The first-order valence-electron chi connectivity index (χ1n) is 5.02. The molecule has 1 aromatic rings. The summed E-state index contributed by atoms with van der Waals surface area (Å²) in [5, 5.41) is 3.06. The number of nitrogens with zero attached hydrogens (tertiary/aromatic N) is 2. The lowest BCUT2D eigenvalue weighted by molar-refractivity contribution is 0.0145. The summed E-state index contributed by atoms with van der Waals surface area (Å²) >= 11 is 0. The molecule has 1 atom stereocenters. The number of ether oxygens (including phenoxy) is 1. The van der Waals surface area contributed by atoms with Crippen LogP contribution in [0.5, 0.6) is 0 Å². The van der Waals surface area contributed by atoms with E-state index in [1.165, 1.54) is 6.33 Å². The zero-order chi connectivity index (χ0) is 11.8. The highest BCUT2D eigenvalue weighted by Gasteiger charge is 2.10. The fraction of sp³-hybridized carbons (Fsp3) is 0.600. The number of hydrogen-bond acceptors (Lipinski definition) is 4. The largest absolute Gasteiger partial charge is 0.375 e. The summed E-state index contributed by atoms with van der Waals surface area (Å²) in [6.45, 7) is -0.230. The molecule has 1 aromatic heterocycles. The number of hydrogen-bond donors (Lipinski definition) is 1. The summed E-state index contributed by atoms with van der Waals surface area (Å²) in [7, 11) is 1.80. The average molecular weight is 231 g/mol. The zero-order valence-corrected chi connectivity index (χ0v) is 9.07. The van der Waals surface area contributed by atoms with E-state index in [1.807, 2.05) is 0 Å². The van der Waals surface area contributed by atoms with Crippen LogP contribution < -0.4 is 5.32 Å². The Morgan fingerprint density at radius 2 is 2.06 bits per heavy atom. The lowest BCUT2D eigenvalue weighted by Crippen LogP contribution is -2.19. The maximum atomic E-state index is 11.8. The molecule has 4 nitrogen and oxygen atoms in total. The number of aromatic nitrogens is 2. The Morgan fingerprint density at radius 1 is 1.38 bits per heavy atom. The molecule has 6 heteroatoms. The number of halogens is 2. The third kappa shape index (κ3) is 4.59. The van der Waals surface area contributed by atoms with E-state index in [1.54, 1.807) is 19.4 Å². The molecule has 1 rings (SSSR count). The van der Waals surface area contributed by atoms with E-state index in [0.29, 0.717) is 6.42 Å². The van der Waals surface area contributed by atoms with Gasteiger partial charge in [0.15, 0.2) is 0 Å². The summed E-state index contributed by atoms with van der Waals surface area (Å²) in [6, 6.07) is 0.0267. The summed E-state index contributed by atoms with van der Waals surface area (Å²) in [5.74, 6) is 0. The number of rotatable bonds is 7. The molecule has 0 aliphatic carbocycles. The second-order valence-electron chi connectivity index (χ2n) is 3.27. The van der Waals surface area contributed by atoms with Crippen LogP contribution in [0.4, 0.5) is 8.78 Å². The van der Waals surface area contributed by atoms with Gasteiger partial charge < -0.3 is 10.1 Å². The zero-order valence-electron chi connectivity index (χ0n) is 9.07. The van der Waals surface area contributed by atoms with Crippen LogP contribution in [0.25, 0.3) is 0 Å². The second kappa shape index (κ2) is 7.19. The molecule has 0 aliphatic heterocycles. The molecular formula is C10H15F2N3O. The molecule has 0 spiro atoms. The molecule has 0 radical (unpaired) electrons. The Labute approximate surface area is 93.1 Å². The van der Waals surface area contributed by atoms with Crippen LogP contribution in [0, 0.1) is 0 Å². The van der Waals surface area contributed by atoms with Gasteiger partial charge in [0.25, 0.3) is 6.43 Å². The van der Waals surface area contributed by atoms with E-state index in [-0.39, 0.29) is 12.6 Å². The van der Waals surface area contributed by atoms with Gasteiger partial charge in [0, 0.05) is 30.6 Å². The Hall–Kier alpha value is -1.14. The van der Waals surface area contributed by atoms with Crippen molar-refractivity contribution in [1.29, 1.82) is 0 Å². The Balaban J connectivity index is 2.33. The fourth-order valence-corrected chi connectivity index (χ4v) is 1.34. The van der Waals surface area contributed by atoms with Gasteiger partial charge in [-0.3, -0.25) is 0 Å². The van der Waals surface area contributed by atoms with Crippen molar-refractivity contribution in [3.05, 3.63) is 24.3 Å². The molecule has 0 fully saturated rings. The first-order valence-corrected chi connectivity index (χ1v) is 5.02. The van der Waals surface area contributed by atoms with Gasteiger partial charge in [-0.25, -0.2) is 18.7 Å². The molecule has 1 heterocycles. The monoisotopic (exact) mass is 231 g/mol. The topological polar surface area (TPSA) is 47.0 Å². The molecular weight excluding hydrogens is 216 g/mol. The van der Waals surface area contributed by atoms with E-state index >= 15 is 0 Å². The van der Waals surface area contributed by atoms with Gasteiger partial charge in [-0.15, -0.1) is 0 Å². The van der Waals surface area contributed by atoms with Gasteiger partial charge in [-0.05, 0) is 13.5 Å². The molecule has 0 saturated heterocycles. The van der Waals surface area contributed by atoms with E-state index in [0.717, 1.165) is 5.56 Å². The van der Waals surface area contributed by atoms with Crippen LogP contribution in [0.3, 0.4) is 0 Å². The minimum Gasteiger partial charge on any atom is -0.375 e. The predicted octanol–water partition coefficient (Wildman–Crippen LogP) is 1.41. The maximum Gasteiger partial charge on any atom is 0.261 e. The van der Waals surface area contributed by atoms with E-state index in [2.05, 4.69) is 15.3 Å². The molecule has 1 unspecified atom stereocenters. The third-order valence-corrected chi connectivity index (χ3v) is 2.13. The average Bonchev–Trinajstić information content (AvgIpc) is 2.30. The van der Waals surface area contributed by atoms with Gasteiger partial charge in [0.1, 0.15) is 12.9 Å². The van der Waals surface area contributed by atoms with Crippen molar-refractivity contribution >= 4 is 0 Å². The van der Waals surface area contributed by atoms with Crippen LogP contribution in [-0.2, 0) is 4.74 Å². The van der Waals surface area contributed by atoms with E-state index in [4.69, 9.17) is 4.74 Å². The van der Waals surface area contributed by atoms with Gasteiger partial charge in [-0.2, -0.15) is 0 Å². The highest BCUT2D eigenvalue weighted by atomic mass is 19.3. The molecule has 16 heavy (non-hydrogen) atoms. The minimum absolute atomic E-state index is 0.0267. The van der Waals surface area contributed by atoms with Crippen molar-refractivity contribution in [2.75, 3.05) is 20.3 Å². The standard InChI is InChI=1S/C10H15F2N3O/c1-13-9(2-3-16-6-10(11)12)8-4-14-7-15-5-8/h4-5,7,9-10,13H,2-3,6H2,1H3. The Kier molecular flexibility index (Phi) is 5.81. The van der Waals surface area contributed by atoms with Crippen molar-refractivity contribution in [2.24, 2.45) is 0 Å². The first-order chi connectivity index (χ1) is 7.74. The van der Waals surface area contributed by atoms with Crippen molar-refractivity contribution in [3.8, 4) is 0 Å². The molecule has 90 valence electrons. The number of alkyl halides is 2. The summed E-state index contributed by atoms with van der Waals surface area (Å²) in [5.41, 5.74) is 0.922. The first kappa shape index (κ1) is 12.9. The van der Waals surface area contributed by atoms with Crippen molar-refractivity contribution in [2.45, 2.75) is 18.9 Å². The molecule has 0 aromatic carbocycles. The van der Waals surface area contributed by atoms with Gasteiger partial charge in [0.2, 0.25) is 0 Å². The van der Waals surface area contributed by atoms with Gasteiger partial charge in [-0.1, -0.05) is 0 Å². The summed E-state index contributed by atoms with van der Waals surface area (Å²) < 4.78 is 28.4. The lowest BCUT2D eigenvalue weighted by Gasteiger charge is -2.15. The minimum atomic E-state index is -2.41. The van der Waals surface area contributed by atoms with Crippen LogP contribution in [0.15, 0.2) is 18.7 Å². The lowest BCUT2D eigenvalue weighted by atomic mass is 10.1. The van der Waals surface area contributed by atoms with E-state index < -0.39 is 13.0 Å². The Morgan fingerprint density at radius 3 is 2.62 bits per heavy atom. The molecule has 0 saturated carbocycles. The summed E-state index contributed by atoms with van der Waals surface area (Å²) in [6.07, 6.45) is 3.04.